The quantitative estimate of drug-likeness (QED) is 0.675. The molecule has 20 heavy (non-hydrogen) atoms. The first kappa shape index (κ1) is 14.2. The number of halogens is 1. The molecule has 1 aromatic carbocycles. The van der Waals surface area contributed by atoms with Crippen LogP contribution in [0.3, 0.4) is 0 Å². The van der Waals surface area contributed by atoms with Gasteiger partial charge in [-0.15, -0.1) is 0 Å². The lowest BCUT2D eigenvalue weighted by atomic mass is 10.1. The maximum atomic E-state index is 13.5. The van der Waals surface area contributed by atoms with Crippen LogP contribution in [0, 0.1) is 17.1 Å². The number of benzene rings is 1. The molecule has 104 valence electrons. The predicted molar refractivity (Wildman–Crippen MR) is 72.0 cm³/mol. The Balaban J connectivity index is 2.02. The third-order valence-electron chi connectivity index (χ3n) is 3.08. The van der Waals surface area contributed by atoms with Gasteiger partial charge in [0.25, 0.3) is 5.91 Å². The number of nitrogens with zero attached hydrogens (tertiary/aromatic N) is 1. The van der Waals surface area contributed by atoms with Gasteiger partial charge in [-0.3, -0.25) is 4.79 Å². The van der Waals surface area contributed by atoms with E-state index in [4.69, 9.17) is 10.00 Å². The number of hydrogen-bond donors (Lipinski definition) is 1. The molecule has 1 amide bonds. The average molecular weight is 274 g/mol. The van der Waals surface area contributed by atoms with E-state index in [1.165, 1.54) is 18.2 Å². The molecule has 0 aromatic heterocycles. The van der Waals surface area contributed by atoms with Crippen molar-refractivity contribution in [2.45, 2.75) is 18.9 Å². The van der Waals surface area contributed by atoms with E-state index in [9.17, 15) is 9.18 Å². The highest BCUT2D eigenvalue weighted by molar-refractivity contribution is 6.01. The van der Waals surface area contributed by atoms with Crippen LogP contribution in [0.25, 0.3) is 6.08 Å². The maximum absolute atomic E-state index is 13.5. The molecule has 1 heterocycles. The molecular weight excluding hydrogens is 259 g/mol. The Morgan fingerprint density at radius 1 is 1.55 bits per heavy atom. The zero-order valence-electron chi connectivity index (χ0n) is 10.9. The third kappa shape index (κ3) is 3.65. The number of nitriles is 1. The van der Waals surface area contributed by atoms with Crippen LogP contribution in [0.15, 0.2) is 29.8 Å². The summed E-state index contributed by atoms with van der Waals surface area (Å²) in [5.41, 5.74) is 0.101. The maximum Gasteiger partial charge on any atom is 0.262 e. The van der Waals surface area contributed by atoms with Crippen LogP contribution in [0.4, 0.5) is 4.39 Å². The summed E-state index contributed by atoms with van der Waals surface area (Å²) < 4.78 is 18.9. The molecule has 0 unspecified atom stereocenters. The van der Waals surface area contributed by atoms with E-state index in [2.05, 4.69) is 5.32 Å². The summed E-state index contributed by atoms with van der Waals surface area (Å²) in [7, 11) is 0. The molecule has 0 aliphatic carbocycles. The van der Waals surface area contributed by atoms with Crippen molar-refractivity contribution in [3.63, 3.8) is 0 Å². The molecule has 1 aliphatic rings. The Morgan fingerprint density at radius 3 is 3.00 bits per heavy atom. The molecule has 1 N–H and O–H groups in total. The number of nitrogens with one attached hydrogen (secondary N) is 1. The third-order valence-corrected chi connectivity index (χ3v) is 3.08. The van der Waals surface area contributed by atoms with Crippen molar-refractivity contribution in [3.8, 4) is 6.07 Å². The van der Waals surface area contributed by atoms with Gasteiger partial charge in [0.05, 0.1) is 6.10 Å². The Bertz CT molecular complexity index is 557. The minimum atomic E-state index is -0.508. The molecule has 2 rings (SSSR count). The summed E-state index contributed by atoms with van der Waals surface area (Å²) >= 11 is 0. The molecule has 1 saturated heterocycles. The normalized spacial score (nSPS) is 18.6. The number of hydrogen-bond acceptors (Lipinski definition) is 3. The van der Waals surface area contributed by atoms with E-state index in [0.717, 1.165) is 12.8 Å². The Kier molecular flexibility index (Phi) is 4.85. The van der Waals surface area contributed by atoms with Crippen LogP contribution < -0.4 is 5.32 Å². The second-order valence-corrected chi connectivity index (χ2v) is 4.54. The second-order valence-electron chi connectivity index (χ2n) is 4.54. The number of rotatable bonds is 4. The molecule has 1 aliphatic heterocycles. The highest BCUT2D eigenvalue weighted by Gasteiger charge is 2.17. The summed E-state index contributed by atoms with van der Waals surface area (Å²) in [6.07, 6.45) is 3.14. The summed E-state index contributed by atoms with van der Waals surface area (Å²) in [5.74, 6) is -0.974. The predicted octanol–water partition coefficient (Wildman–Crippen LogP) is 2.03. The van der Waals surface area contributed by atoms with Gasteiger partial charge in [-0.2, -0.15) is 5.26 Å². The Hall–Kier alpha value is -2.19. The highest BCUT2D eigenvalue weighted by Crippen LogP contribution is 2.13. The van der Waals surface area contributed by atoms with Crippen LogP contribution >= 0.6 is 0 Å². The van der Waals surface area contributed by atoms with Gasteiger partial charge in [0.2, 0.25) is 0 Å². The van der Waals surface area contributed by atoms with Crippen molar-refractivity contribution in [1.29, 1.82) is 5.26 Å². The van der Waals surface area contributed by atoms with Crippen molar-refractivity contribution in [1.82, 2.24) is 5.32 Å². The van der Waals surface area contributed by atoms with Gasteiger partial charge < -0.3 is 10.1 Å². The Morgan fingerprint density at radius 2 is 2.35 bits per heavy atom. The molecule has 0 bridgehead atoms. The second kappa shape index (κ2) is 6.83. The molecule has 1 atom stereocenters. The lowest BCUT2D eigenvalue weighted by Gasteiger charge is -2.10. The first-order chi connectivity index (χ1) is 9.70. The topological polar surface area (TPSA) is 62.1 Å². The van der Waals surface area contributed by atoms with E-state index in [1.807, 2.05) is 0 Å². The van der Waals surface area contributed by atoms with Crippen LogP contribution in [0.5, 0.6) is 0 Å². The molecule has 1 aromatic rings. The first-order valence-electron chi connectivity index (χ1n) is 6.47. The summed E-state index contributed by atoms with van der Waals surface area (Å²) in [6, 6.07) is 7.79. The van der Waals surface area contributed by atoms with Crippen LogP contribution in [0.1, 0.15) is 18.4 Å². The fraction of sp³-hybridized carbons (Fsp3) is 0.333. The lowest BCUT2D eigenvalue weighted by molar-refractivity contribution is -0.117. The average Bonchev–Trinajstić information content (AvgIpc) is 2.97. The fourth-order valence-corrected chi connectivity index (χ4v) is 2.00. The van der Waals surface area contributed by atoms with Gasteiger partial charge in [-0.25, -0.2) is 4.39 Å². The zero-order valence-corrected chi connectivity index (χ0v) is 10.9. The van der Waals surface area contributed by atoms with Crippen molar-refractivity contribution in [3.05, 3.63) is 41.2 Å². The van der Waals surface area contributed by atoms with E-state index >= 15 is 0 Å². The molecular formula is C15H15FN2O2. The monoisotopic (exact) mass is 274 g/mol. The summed E-state index contributed by atoms with van der Waals surface area (Å²) in [5, 5.41) is 11.6. The molecule has 0 saturated carbocycles. The lowest BCUT2D eigenvalue weighted by Crippen LogP contribution is -2.32. The van der Waals surface area contributed by atoms with Crippen molar-refractivity contribution < 1.29 is 13.9 Å². The molecule has 4 nitrogen and oxygen atoms in total. The largest absolute Gasteiger partial charge is 0.376 e. The zero-order chi connectivity index (χ0) is 14.4. The number of carbonyl (C=O) groups excluding carboxylic acids is 1. The van der Waals surface area contributed by atoms with Gasteiger partial charge >= 0.3 is 0 Å². The molecule has 5 heteroatoms. The smallest absolute Gasteiger partial charge is 0.262 e. The molecule has 0 spiro atoms. The molecule has 0 radical (unpaired) electrons. The van der Waals surface area contributed by atoms with Crippen LogP contribution in [0.2, 0.25) is 0 Å². The summed E-state index contributed by atoms with van der Waals surface area (Å²) in [6.45, 7) is 1.08. The van der Waals surface area contributed by atoms with E-state index in [1.54, 1.807) is 18.2 Å². The van der Waals surface area contributed by atoms with Gasteiger partial charge in [0, 0.05) is 18.7 Å². The first-order valence-corrected chi connectivity index (χ1v) is 6.47. The highest BCUT2D eigenvalue weighted by atomic mass is 19.1. The number of amides is 1. The summed E-state index contributed by atoms with van der Waals surface area (Å²) in [4.78, 5) is 11.9. The van der Waals surface area contributed by atoms with Gasteiger partial charge in [-0.05, 0) is 25.0 Å². The fourth-order valence-electron chi connectivity index (χ4n) is 2.00. The Labute approximate surface area is 116 Å². The van der Waals surface area contributed by atoms with Crippen molar-refractivity contribution in [2.24, 2.45) is 0 Å². The minimum absolute atomic E-state index is 0.00681. The molecule has 1 fully saturated rings. The van der Waals surface area contributed by atoms with Gasteiger partial charge in [-0.1, -0.05) is 18.2 Å². The minimum Gasteiger partial charge on any atom is -0.376 e. The van der Waals surface area contributed by atoms with Crippen molar-refractivity contribution in [2.75, 3.05) is 13.2 Å². The van der Waals surface area contributed by atoms with E-state index < -0.39 is 11.7 Å². The SMILES string of the molecule is N#C/C(=C\c1ccccc1F)C(=O)NC[C@@H]1CCCO1. The number of carbonyl (C=O) groups is 1. The van der Waals surface area contributed by atoms with Crippen LogP contribution in [-0.2, 0) is 9.53 Å². The van der Waals surface area contributed by atoms with E-state index in [-0.39, 0.29) is 17.2 Å². The van der Waals surface area contributed by atoms with E-state index in [0.29, 0.717) is 13.2 Å². The van der Waals surface area contributed by atoms with Gasteiger partial charge in [0.1, 0.15) is 17.5 Å². The van der Waals surface area contributed by atoms with Crippen LogP contribution in [-0.4, -0.2) is 25.2 Å². The van der Waals surface area contributed by atoms with Gasteiger partial charge in [0.15, 0.2) is 0 Å². The number of ether oxygens (including phenoxy) is 1. The standard InChI is InChI=1S/C15H15FN2O2/c16-14-6-2-1-4-11(14)8-12(9-17)15(19)18-10-13-5-3-7-20-13/h1-2,4,6,8,13H,3,5,7,10H2,(H,18,19)/b12-8+/t13-/m0/s1. The van der Waals surface area contributed by atoms with Crippen molar-refractivity contribution >= 4 is 12.0 Å².